The van der Waals surface area contributed by atoms with E-state index in [1.807, 2.05) is 62.4 Å². The fourth-order valence-electron chi connectivity index (χ4n) is 3.42. The van der Waals surface area contributed by atoms with Crippen LogP contribution in [0.4, 0.5) is 5.69 Å². The number of nitrogens with zero attached hydrogens (tertiary/aromatic N) is 3. The molecule has 0 saturated heterocycles. The van der Waals surface area contributed by atoms with E-state index in [0.717, 1.165) is 16.8 Å². The van der Waals surface area contributed by atoms with Crippen molar-refractivity contribution in [3.8, 4) is 28.6 Å². The monoisotopic (exact) mass is 460 g/mol. The van der Waals surface area contributed by atoms with Crippen LogP contribution in [-0.2, 0) is 4.79 Å². The van der Waals surface area contributed by atoms with E-state index < -0.39 is 0 Å². The highest BCUT2D eigenvalue weighted by molar-refractivity contribution is 7.99. The molecule has 2 N–H and O–H groups in total. The van der Waals surface area contributed by atoms with E-state index in [2.05, 4.69) is 15.5 Å². The summed E-state index contributed by atoms with van der Waals surface area (Å²) in [5, 5.41) is 22.6. The molecule has 0 radical (unpaired) electrons. The molecule has 7 nitrogen and oxygen atoms in total. The molecule has 0 atom stereocenters. The van der Waals surface area contributed by atoms with Gasteiger partial charge in [0.1, 0.15) is 11.5 Å². The van der Waals surface area contributed by atoms with Crippen molar-refractivity contribution in [2.75, 3.05) is 18.2 Å². The number of carbonyl (C=O) groups is 1. The van der Waals surface area contributed by atoms with E-state index in [0.29, 0.717) is 28.0 Å². The number of aromatic hydroxyl groups is 1. The van der Waals surface area contributed by atoms with Crippen molar-refractivity contribution in [1.82, 2.24) is 14.8 Å². The lowest BCUT2D eigenvalue weighted by Crippen LogP contribution is -2.15. The van der Waals surface area contributed by atoms with Gasteiger partial charge in [-0.1, -0.05) is 48.2 Å². The summed E-state index contributed by atoms with van der Waals surface area (Å²) in [6.45, 7) is 3.94. The van der Waals surface area contributed by atoms with Gasteiger partial charge in [0.15, 0.2) is 11.0 Å². The van der Waals surface area contributed by atoms with E-state index in [9.17, 15) is 9.90 Å². The number of hydrogen-bond acceptors (Lipinski definition) is 6. The van der Waals surface area contributed by atoms with Gasteiger partial charge in [-0.15, -0.1) is 10.2 Å². The Balaban J connectivity index is 1.66. The largest absolute Gasteiger partial charge is 0.507 e. The Morgan fingerprint density at radius 1 is 1.06 bits per heavy atom. The quantitative estimate of drug-likeness (QED) is 0.378. The number of para-hydroxylation sites is 3. The summed E-state index contributed by atoms with van der Waals surface area (Å²) in [6.07, 6.45) is 0. The maximum atomic E-state index is 12.7. The number of aromatic nitrogens is 3. The molecule has 0 spiro atoms. The summed E-state index contributed by atoms with van der Waals surface area (Å²) < 4.78 is 7.34. The molecular weight excluding hydrogens is 436 g/mol. The topological polar surface area (TPSA) is 89.3 Å². The van der Waals surface area contributed by atoms with Crippen molar-refractivity contribution in [3.05, 3.63) is 77.9 Å². The summed E-state index contributed by atoms with van der Waals surface area (Å²) in [5.41, 5.74) is 4.11. The summed E-state index contributed by atoms with van der Waals surface area (Å²) >= 11 is 1.26. The Hall–Kier alpha value is -3.78. The summed E-state index contributed by atoms with van der Waals surface area (Å²) in [4.78, 5) is 12.7. The molecule has 8 heteroatoms. The van der Waals surface area contributed by atoms with Crippen LogP contribution >= 0.6 is 11.8 Å². The van der Waals surface area contributed by atoms with Gasteiger partial charge in [-0.05, 0) is 55.3 Å². The molecule has 1 heterocycles. The number of hydrogen-bond donors (Lipinski definition) is 2. The predicted molar refractivity (Wildman–Crippen MR) is 130 cm³/mol. The van der Waals surface area contributed by atoms with Crippen LogP contribution in [0.25, 0.3) is 17.1 Å². The van der Waals surface area contributed by atoms with Gasteiger partial charge in [-0.25, -0.2) is 0 Å². The predicted octanol–water partition coefficient (Wildman–Crippen LogP) is 5.00. The van der Waals surface area contributed by atoms with E-state index in [1.165, 1.54) is 11.8 Å². The standard InChI is InChI=1S/C25H24N4O3S/c1-16-12-13-17(2)19(14-16)26-23(31)15-33-25-28-27-24(18-8-4-6-10-21(18)30)29(25)20-9-5-7-11-22(20)32-3/h4-14,30H,15H2,1-3H3,(H,26,31). The van der Waals surface area contributed by atoms with Gasteiger partial charge in [-0.3, -0.25) is 9.36 Å². The molecule has 4 rings (SSSR count). The Bertz CT molecular complexity index is 1300. The summed E-state index contributed by atoms with van der Waals surface area (Å²) in [5.74, 6) is 1.16. The van der Waals surface area contributed by atoms with Crippen LogP contribution in [0.3, 0.4) is 0 Å². The molecule has 4 aromatic rings. The number of aryl methyl sites for hydroxylation is 2. The Labute approximate surface area is 196 Å². The number of phenolic OH excluding ortho intramolecular Hbond substituents is 1. The van der Waals surface area contributed by atoms with E-state index in [1.54, 1.807) is 29.9 Å². The maximum absolute atomic E-state index is 12.7. The average molecular weight is 461 g/mol. The molecule has 168 valence electrons. The Kier molecular flexibility index (Phi) is 6.65. The molecule has 0 fully saturated rings. The van der Waals surface area contributed by atoms with Crippen LogP contribution in [-0.4, -0.2) is 38.6 Å². The van der Waals surface area contributed by atoms with Crippen LogP contribution < -0.4 is 10.1 Å². The highest BCUT2D eigenvalue weighted by atomic mass is 32.2. The lowest BCUT2D eigenvalue weighted by atomic mass is 10.1. The third-order valence-electron chi connectivity index (χ3n) is 5.10. The Morgan fingerprint density at radius 3 is 2.61 bits per heavy atom. The molecule has 1 amide bonds. The zero-order chi connectivity index (χ0) is 23.4. The van der Waals surface area contributed by atoms with Crippen molar-refractivity contribution < 1.29 is 14.6 Å². The van der Waals surface area contributed by atoms with Crippen molar-refractivity contribution >= 4 is 23.4 Å². The number of methoxy groups -OCH3 is 1. The highest BCUT2D eigenvalue weighted by Crippen LogP contribution is 2.35. The number of benzene rings is 3. The fraction of sp³-hybridized carbons (Fsp3) is 0.160. The van der Waals surface area contributed by atoms with Crippen LogP contribution in [0.1, 0.15) is 11.1 Å². The molecule has 1 aromatic heterocycles. The number of carbonyl (C=O) groups excluding carboxylic acids is 1. The molecule has 0 saturated carbocycles. The molecule has 0 aliphatic rings. The second kappa shape index (κ2) is 9.79. The molecular formula is C25H24N4O3S. The van der Waals surface area contributed by atoms with Crippen molar-refractivity contribution in [1.29, 1.82) is 0 Å². The molecule has 0 bridgehead atoms. The molecule has 0 aliphatic heterocycles. The first-order valence-electron chi connectivity index (χ1n) is 10.3. The first-order valence-corrected chi connectivity index (χ1v) is 11.3. The normalized spacial score (nSPS) is 10.8. The fourth-order valence-corrected chi connectivity index (χ4v) is 4.16. The number of amides is 1. The molecule has 3 aromatic carbocycles. The maximum Gasteiger partial charge on any atom is 0.234 e. The minimum atomic E-state index is -0.146. The zero-order valence-corrected chi connectivity index (χ0v) is 19.4. The Morgan fingerprint density at radius 2 is 1.82 bits per heavy atom. The van der Waals surface area contributed by atoms with Gasteiger partial charge in [0, 0.05) is 5.69 Å². The van der Waals surface area contributed by atoms with Crippen molar-refractivity contribution in [2.45, 2.75) is 19.0 Å². The van der Waals surface area contributed by atoms with Gasteiger partial charge < -0.3 is 15.2 Å². The smallest absolute Gasteiger partial charge is 0.234 e. The number of phenols is 1. The van der Waals surface area contributed by atoms with Gasteiger partial charge >= 0.3 is 0 Å². The van der Waals surface area contributed by atoms with Crippen molar-refractivity contribution in [2.24, 2.45) is 0 Å². The number of anilines is 1. The highest BCUT2D eigenvalue weighted by Gasteiger charge is 2.21. The lowest BCUT2D eigenvalue weighted by Gasteiger charge is -2.14. The summed E-state index contributed by atoms with van der Waals surface area (Å²) in [7, 11) is 1.59. The van der Waals surface area contributed by atoms with E-state index in [4.69, 9.17) is 4.74 Å². The lowest BCUT2D eigenvalue weighted by molar-refractivity contribution is -0.113. The molecule has 0 unspecified atom stereocenters. The van der Waals surface area contributed by atoms with E-state index >= 15 is 0 Å². The number of thioether (sulfide) groups is 1. The number of ether oxygens (including phenoxy) is 1. The third-order valence-corrected chi connectivity index (χ3v) is 6.03. The minimum absolute atomic E-state index is 0.0882. The third kappa shape index (κ3) is 4.85. The minimum Gasteiger partial charge on any atom is -0.507 e. The number of nitrogens with one attached hydrogen (secondary N) is 1. The second-order valence-corrected chi connectivity index (χ2v) is 8.43. The summed E-state index contributed by atoms with van der Waals surface area (Å²) in [6, 6.07) is 20.4. The van der Waals surface area contributed by atoms with Gasteiger partial charge in [0.25, 0.3) is 0 Å². The first kappa shape index (κ1) is 22.4. The van der Waals surface area contributed by atoms with Crippen LogP contribution in [0.15, 0.2) is 71.9 Å². The SMILES string of the molecule is COc1ccccc1-n1c(SCC(=O)Nc2cc(C)ccc2C)nnc1-c1ccccc1O. The van der Waals surface area contributed by atoms with E-state index in [-0.39, 0.29) is 17.4 Å². The van der Waals surface area contributed by atoms with Crippen LogP contribution in [0.5, 0.6) is 11.5 Å². The van der Waals surface area contributed by atoms with Crippen LogP contribution in [0, 0.1) is 13.8 Å². The van der Waals surface area contributed by atoms with Gasteiger partial charge in [0.05, 0.1) is 24.1 Å². The average Bonchev–Trinajstić information content (AvgIpc) is 3.24. The second-order valence-electron chi connectivity index (χ2n) is 7.49. The first-order chi connectivity index (χ1) is 16.0. The van der Waals surface area contributed by atoms with Crippen molar-refractivity contribution in [3.63, 3.8) is 0 Å². The molecule has 0 aliphatic carbocycles. The van der Waals surface area contributed by atoms with Crippen LogP contribution in [0.2, 0.25) is 0 Å². The zero-order valence-electron chi connectivity index (χ0n) is 18.6. The molecule has 33 heavy (non-hydrogen) atoms. The van der Waals surface area contributed by atoms with Gasteiger partial charge in [0.2, 0.25) is 5.91 Å². The number of rotatable bonds is 7. The van der Waals surface area contributed by atoms with Gasteiger partial charge in [-0.2, -0.15) is 0 Å².